The van der Waals surface area contributed by atoms with E-state index in [0.717, 1.165) is 6.42 Å². The average Bonchev–Trinajstić information content (AvgIpc) is 2.44. The van der Waals surface area contributed by atoms with Crippen molar-refractivity contribution in [1.82, 2.24) is 15.0 Å². The first kappa shape index (κ1) is 17.9. The van der Waals surface area contributed by atoms with Crippen LogP contribution in [0.5, 0.6) is 0 Å². The van der Waals surface area contributed by atoms with Gasteiger partial charge in [-0.15, -0.1) is 0 Å². The molecule has 0 aliphatic heterocycles. The van der Waals surface area contributed by atoms with Gasteiger partial charge in [0.25, 0.3) is 0 Å². The molecule has 0 aliphatic rings. The monoisotopic (exact) mass is 378 g/mol. The van der Waals surface area contributed by atoms with Crippen molar-refractivity contribution in [3.8, 4) is 0 Å². The van der Waals surface area contributed by atoms with Gasteiger partial charge in [-0.1, -0.05) is 6.92 Å². The summed E-state index contributed by atoms with van der Waals surface area (Å²) in [5.41, 5.74) is 0. The van der Waals surface area contributed by atoms with Gasteiger partial charge in [-0.25, -0.2) is 18.1 Å². The number of aromatic nitrogens is 1. The minimum Gasteiger partial charge on any atom is -0.369 e. The van der Waals surface area contributed by atoms with Crippen molar-refractivity contribution in [2.75, 3.05) is 25.0 Å². The number of hydrogen-bond donors (Lipinski definition) is 3. The standard InChI is InChI=1S/C12H19BrN4O3S/c1-3-5-15-12-10(6-9(13)7-16-12)21(19,20)17-8-11(18)14-4-2/h6-7,17H,3-5,8H2,1-2H3,(H,14,18)(H,15,16). The second kappa shape index (κ2) is 8.30. The van der Waals surface area contributed by atoms with E-state index in [-0.39, 0.29) is 23.2 Å². The van der Waals surface area contributed by atoms with Crippen LogP contribution < -0.4 is 15.4 Å². The van der Waals surface area contributed by atoms with Crippen molar-refractivity contribution in [1.29, 1.82) is 0 Å². The number of nitrogens with one attached hydrogen (secondary N) is 3. The number of likely N-dealkylation sites (N-methyl/N-ethyl adjacent to an activating group) is 1. The van der Waals surface area contributed by atoms with Crippen LogP contribution in [-0.4, -0.2) is 38.9 Å². The zero-order chi connectivity index (χ0) is 15.9. The first-order chi connectivity index (χ1) is 9.90. The van der Waals surface area contributed by atoms with E-state index >= 15 is 0 Å². The number of hydrogen-bond acceptors (Lipinski definition) is 5. The third kappa shape index (κ3) is 5.60. The molecule has 0 fully saturated rings. The molecule has 1 aromatic rings. The van der Waals surface area contributed by atoms with Gasteiger partial charge in [0.15, 0.2) is 0 Å². The van der Waals surface area contributed by atoms with Gasteiger partial charge in [-0.3, -0.25) is 4.79 Å². The van der Waals surface area contributed by atoms with Gasteiger partial charge in [0.2, 0.25) is 15.9 Å². The van der Waals surface area contributed by atoms with E-state index in [9.17, 15) is 13.2 Å². The third-order valence-corrected chi connectivity index (χ3v) is 4.30. The number of carbonyl (C=O) groups excluding carboxylic acids is 1. The summed E-state index contributed by atoms with van der Waals surface area (Å²) in [5, 5.41) is 5.48. The van der Waals surface area contributed by atoms with E-state index in [1.165, 1.54) is 12.3 Å². The van der Waals surface area contributed by atoms with Crippen LogP contribution in [0.4, 0.5) is 5.82 Å². The number of pyridine rings is 1. The normalized spacial score (nSPS) is 11.2. The highest BCUT2D eigenvalue weighted by molar-refractivity contribution is 9.10. The van der Waals surface area contributed by atoms with Gasteiger partial charge in [-0.2, -0.15) is 0 Å². The summed E-state index contributed by atoms with van der Waals surface area (Å²) in [7, 11) is -3.82. The van der Waals surface area contributed by atoms with Crippen LogP contribution in [0.2, 0.25) is 0 Å². The van der Waals surface area contributed by atoms with Crippen molar-refractivity contribution in [2.24, 2.45) is 0 Å². The summed E-state index contributed by atoms with van der Waals surface area (Å²) in [6.07, 6.45) is 2.35. The van der Waals surface area contributed by atoms with E-state index in [1.54, 1.807) is 6.92 Å². The van der Waals surface area contributed by atoms with Crippen LogP contribution in [0.3, 0.4) is 0 Å². The molecule has 0 atom stereocenters. The fraction of sp³-hybridized carbons (Fsp3) is 0.500. The summed E-state index contributed by atoms with van der Waals surface area (Å²) in [6, 6.07) is 1.45. The van der Waals surface area contributed by atoms with Crippen molar-refractivity contribution in [2.45, 2.75) is 25.2 Å². The second-order valence-corrected chi connectivity index (χ2v) is 6.86. The molecule has 0 unspecified atom stereocenters. The largest absolute Gasteiger partial charge is 0.369 e. The van der Waals surface area contributed by atoms with Gasteiger partial charge in [0.1, 0.15) is 10.7 Å². The molecule has 1 rings (SSSR count). The number of nitrogens with zero attached hydrogens (tertiary/aromatic N) is 1. The van der Waals surface area contributed by atoms with E-state index in [1.807, 2.05) is 6.92 Å². The summed E-state index contributed by atoms with van der Waals surface area (Å²) in [6.45, 7) is 4.47. The Hall–Kier alpha value is -1.19. The lowest BCUT2D eigenvalue weighted by Gasteiger charge is -2.12. The van der Waals surface area contributed by atoms with Gasteiger partial charge < -0.3 is 10.6 Å². The molecule has 0 radical (unpaired) electrons. The van der Waals surface area contributed by atoms with Crippen LogP contribution in [0.1, 0.15) is 20.3 Å². The Morgan fingerprint density at radius 1 is 1.38 bits per heavy atom. The van der Waals surface area contributed by atoms with Gasteiger partial charge in [0, 0.05) is 23.8 Å². The lowest BCUT2D eigenvalue weighted by atomic mass is 10.4. The maximum Gasteiger partial charge on any atom is 0.244 e. The van der Waals surface area contributed by atoms with Crippen molar-refractivity contribution >= 4 is 37.7 Å². The predicted molar refractivity (Wildman–Crippen MR) is 84.6 cm³/mol. The lowest BCUT2D eigenvalue weighted by molar-refractivity contribution is -0.119. The molecule has 3 N–H and O–H groups in total. The van der Waals surface area contributed by atoms with Crippen LogP contribution in [0.25, 0.3) is 0 Å². The highest BCUT2D eigenvalue weighted by atomic mass is 79.9. The summed E-state index contributed by atoms with van der Waals surface area (Å²) in [4.78, 5) is 15.4. The maximum atomic E-state index is 12.3. The number of anilines is 1. The molecule has 0 saturated heterocycles. The quantitative estimate of drug-likeness (QED) is 0.628. The summed E-state index contributed by atoms with van der Waals surface area (Å²) >= 11 is 3.20. The predicted octanol–water partition coefficient (Wildman–Crippen LogP) is 1.08. The highest BCUT2D eigenvalue weighted by Crippen LogP contribution is 2.22. The molecule has 0 bridgehead atoms. The van der Waals surface area contributed by atoms with E-state index in [0.29, 0.717) is 17.6 Å². The first-order valence-electron chi connectivity index (χ1n) is 6.56. The summed E-state index contributed by atoms with van der Waals surface area (Å²) in [5.74, 6) is -0.115. The smallest absolute Gasteiger partial charge is 0.244 e. The zero-order valence-corrected chi connectivity index (χ0v) is 14.3. The number of amides is 1. The minimum absolute atomic E-state index is 0.00891. The Morgan fingerprint density at radius 3 is 2.71 bits per heavy atom. The fourth-order valence-corrected chi connectivity index (χ4v) is 3.12. The van der Waals surface area contributed by atoms with Crippen molar-refractivity contribution in [3.05, 3.63) is 16.7 Å². The van der Waals surface area contributed by atoms with Gasteiger partial charge in [-0.05, 0) is 35.3 Å². The Bertz CT molecular complexity index is 592. The van der Waals surface area contributed by atoms with Crippen molar-refractivity contribution < 1.29 is 13.2 Å². The van der Waals surface area contributed by atoms with E-state index in [2.05, 4.69) is 36.3 Å². The third-order valence-electron chi connectivity index (χ3n) is 2.45. The SMILES string of the molecule is CCCNc1ncc(Br)cc1S(=O)(=O)NCC(=O)NCC. The van der Waals surface area contributed by atoms with Gasteiger partial charge in [0.05, 0.1) is 6.54 Å². The zero-order valence-electron chi connectivity index (χ0n) is 11.9. The molecule has 1 heterocycles. The van der Waals surface area contributed by atoms with Crippen LogP contribution >= 0.6 is 15.9 Å². The van der Waals surface area contributed by atoms with Crippen LogP contribution in [0.15, 0.2) is 21.6 Å². The van der Waals surface area contributed by atoms with Crippen LogP contribution in [-0.2, 0) is 14.8 Å². The summed E-state index contributed by atoms with van der Waals surface area (Å²) < 4.78 is 27.4. The van der Waals surface area contributed by atoms with E-state index in [4.69, 9.17) is 0 Å². The molecule has 0 aromatic carbocycles. The van der Waals surface area contributed by atoms with E-state index < -0.39 is 10.0 Å². The second-order valence-electron chi connectivity index (χ2n) is 4.21. The number of rotatable bonds is 8. The lowest BCUT2D eigenvalue weighted by Crippen LogP contribution is -2.37. The molecular formula is C12H19BrN4O3S. The Labute approximate surface area is 133 Å². The Balaban J connectivity index is 2.95. The first-order valence-corrected chi connectivity index (χ1v) is 8.84. The number of sulfonamides is 1. The molecule has 1 aromatic heterocycles. The average molecular weight is 379 g/mol. The molecule has 7 nitrogen and oxygen atoms in total. The number of halogens is 1. The Morgan fingerprint density at radius 2 is 2.10 bits per heavy atom. The topological polar surface area (TPSA) is 100 Å². The molecule has 9 heteroatoms. The Kier molecular flexibility index (Phi) is 7.06. The number of carbonyl (C=O) groups is 1. The maximum absolute atomic E-state index is 12.3. The molecular weight excluding hydrogens is 360 g/mol. The van der Waals surface area contributed by atoms with Crippen molar-refractivity contribution in [3.63, 3.8) is 0 Å². The minimum atomic E-state index is -3.82. The van der Waals surface area contributed by atoms with Gasteiger partial charge >= 0.3 is 0 Å². The molecule has 118 valence electrons. The molecule has 0 spiro atoms. The highest BCUT2D eigenvalue weighted by Gasteiger charge is 2.21. The van der Waals surface area contributed by atoms with Crippen LogP contribution in [0, 0.1) is 0 Å². The molecule has 1 amide bonds. The molecule has 21 heavy (non-hydrogen) atoms. The molecule has 0 saturated carbocycles. The molecule has 0 aliphatic carbocycles. The fourth-order valence-electron chi connectivity index (χ4n) is 1.50.